The minimum Gasteiger partial charge on any atom is -0.330 e. The third-order valence-electron chi connectivity index (χ3n) is 1.74. The molecule has 12 heavy (non-hydrogen) atoms. The molecule has 0 saturated heterocycles. The molecule has 0 bridgehead atoms. The predicted octanol–water partition coefficient (Wildman–Crippen LogP) is 2.44. The standard InChI is InChI=1S/C10H13ClN/c11-10-7-2-1-5-9(10)6-3-4-8-12/h1-2,4-5,7H,3,6,8,12H2. The van der Waals surface area contributed by atoms with E-state index < -0.39 is 0 Å². The molecule has 0 spiro atoms. The van der Waals surface area contributed by atoms with Gasteiger partial charge in [0.2, 0.25) is 0 Å². The number of hydrogen-bond donors (Lipinski definition) is 1. The third-order valence-corrected chi connectivity index (χ3v) is 2.11. The first-order chi connectivity index (χ1) is 5.84. The molecule has 0 heterocycles. The fourth-order valence-electron chi connectivity index (χ4n) is 1.08. The molecule has 0 unspecified atom stereocenters. The van der Waals surface area contributed by atoms with Gasteiger partial charge in [-0.2, -0.15) is 0 Å². The van der Waals surface area contributed by atoms with Crippen LogP contribution in [0.1, 0.15) is 12.0 Å². The number of unbranched alkanes of at least 4 members (excludes halogenated alkanes) is 1. The van der Waals surface area contributed by atoms with Crippen LogP contribution in [0.4, 0.5) is 0 Å². The molecule has 0 amide bonds. The van der Waals surface area contributed by atoms with Crippen molar-refractivity contribution in [3.63, 3.8) is 0 Å². The zero-order valence-corrected chi connectivity index (χ0v) is 7.72. The molecule has 1 radical (unpaired) electrons. The highest BCUT2D eigenvalue weighted by Gasteiger charge is 1.97. The Morgan fingerprint density at radius 3 is 2.75 bits per heavy atom. The molecule has 65 valence electrons. The average Bonchev–Trinajstić information content (AvgIpc) is 2.09. The largest absolute Gasteiger partial charge is 0.330 e. The van der Waals surface area contributed by atoms with Crippen LogP contribution in [0.3, 0.4) is 0 Å². The SMILES string of the molecule is NC[CH]CCc1ccccc1Cl. The molecule has 1 rings (SSSR count). The normalized spacial score (nSPS) is 10.2. The van der Waals surface area contributed by atoms with Crippen LogP contribution < -0.4 is 5.73 Å². The molecular formula is C10H13ClN. The van der Waals surface area contributed by atoms with Crippen molar-refractivity contribution in [1.82, 2.24) is 0 Å². The zero-order chi connectivity index (χ0) is 8.81. The molecule has 0 aliphatic rings. The lowest BCUT2D eigenvalue weighted by molar-refractivity contribution is 0.897. The zero-order valence-electron chi connectivity index (χ0n) is 6.96. The van der Waals surface area contributed by atoms with Crippen molar-refractivity contribution in [3.8, 4) is 0 Å². The van der Waals surface area contributed by atoms with Crippen LogP contribution in [0.25, 0.3) is 0 Å². The van der Waals surface area contributed by atoms with Crippen LogP contribution in [0.2, 0.25) is 5.02 Å². The van der Waals surface area contributed by atoms with Gasteiger partial charge in [-0.3, -0.25) is 0 Å². The Morgan fingerprint density at radius 2 is 2.08 bits per heavy atom. The summed E-state index contributed by atoms with van der Waals surface area (Å²) in [4.78, 5) is 0. The molecule has 1 aromatic carbocycles. The van der Waals surface area contributed by atoms with Crippen molar-refractivity contribution in [1.29, 1.82) is 0 Å². The molecule has 1 aromatic rings. The van der Waals surface area contributed by atoms with Crippen LogP contribution in [0.5, 0.6) is 0 Å². The van der Waals surface area contributed by atoms with Crippen LogP contribution in [-0.4, -0.2) is 6.54 Å². The van der Waals surface area contributed by atoms with Gasteiger partial charge in [-0.25, -0.2) is 0 Å². The Balaban J connectivity index is 2.46. The van der Waals surface area contributed by atoms with Gasteiger partial charge < -0.3 is 5.73 Å². The smallest absolute Gasteiger partial charge is 0.0437 e. The second-order valence-electron chi connectivity index (χ2n) is 2.65. The summed E-state index contributed by atoms with van der Waals surface area (Å²) in [6, 6.07) is 7.91. The summed E-state index contributed by atoms with van der Waals surface area (Å²) in [6.07, 6.45) is 4.04. The summed E-state index contributed by atoms with van der Waals surface area (Å²) in [6.45, 7) is 0.643. The van der Waals surface area contributed by atoms with Crippen LogP contribution >= 0.6 is 11.6 Å². The summed E-state index contributed by atoms with van der Waals surface area (Å²) in [5.41, 5.74) is 6.54. The van der Waals surface area contributed by atoms with Crippen molar-refractivity contribution in [2.24, 2.45) is 5.73 Å². The average molecular weight is 183 g/mol. The van der Waals surface area contributed by atoms with Gasteiger partial charge in [0.1, 0.15) is 0 Å². The summed E-state index contributed by atoms with van der Waals surface area (Å²) in [5.74, 6) is 0. The van der Waals surface area contributed by atoms with E-state index in [1.54, 1.807) is 0 Å². The van der Waals surface area contributed by atoms with Crippen molar-refractivity contribution in [2.45, 2.75) is 12.8 Å². The fourth-order valence-corrected chi connectivity index (χ4v) is 1.31. The second kappa shape index (κ2) is 5.18. The molecule has 0 aromatic heterocycles. The van der Waals surface area contributed by atoms with E-state index in [9.17, 15) is 0 Å². The van der Waals surface area contributed by atoms with E-state index in [0.29, 0.717) is 6.54 Å². The molecule has 0 aliphatic heterocycles. The van der Waals surface area contributed by atoms with Gasteiger partial charge in [-0.1, -0.05) is 29.8 Å². The van der Waals surface area contributed by atoms with E-state index in [-0.39, 0.29) is 0 Å². The van der Waals surface area contributed by atoms with Crippen LogP contribution in [0.15, 0.2) is 24.3 Å². The second-order valence-corrected chi connectivity index (χ2v) is 3.06. The highest BCUT2D eigenvalue weighted by Crippen LogP contribution is 2.16. The maximum Gasteiger partial charge on any atom is 0.0437 e. The monoisotopic (exact) mass is 182 g/mol. The quantitative estimate of drug-likeness (QED) is 0.712. The number of nitrogens with two attached hydrogens (primary N) is 1. The van der Waals surface area contributed by atoms with Gasteiger partial charge in [0.25, 0.3) is 0 Å². The lowest BCUT2D eigenvalue weighted by Crippen LogP contribution is -2.00. The molecule has 2 heteroatoms. The van der Waals surface area contributed by atoms with E-state index in [4.69, 9.17) is 17.3 Å². The van der Waals surface area contributed by atoms with Gasteiger partial charge in [0.05, 0.1) is 0 Å². The number of benzene rings is 1. The molecule has 0 fully saturated rings. The summed E-state index contributed by atoms with van der Waals surface area (Å²) in [7, 11) is 0. The maximum atomic E-state index is 5.96. The van der Waals surface area contributed by atoms with E-state index in [2.05, 4.69) is 6.42 Å². The maximum absolute atomic E-state index is 5.96. The van der Waals surface area contributed by atoms with Crippen molar-refractivity contribution >= 4 is 11.6 Å². The molecule has 2 N–H and O–H groups in total. The molecule has 0 atom stereocenters. The number of rotatable bonds is 4. The van der Waals surface area contributed by atoms with Crippen LogP contribution in [0, 0.1) is 6.42 Å². The molecule has 0 saturated carbocycles. The Kier molecular flexibility index (Phi) is 4.12. The summed E-state index contributed by atoms with van der Waals surface area (Å²) < 4.78 is 0. The van der Waals surface area contributed by atoms with Crippen molar-refractivity contribution in [2.75, 3.05) is 6.54 Å². The summed E-state index contributed by atoms with van der Waals surface area (Å²) in [5, 5.41) is 0.850. The Hall–Kier alpha value is -0.530. The highest BCUT2D eigenvalue weighted by molar-refractivity contribution is 6.31. The topological polar surface area (TPSA) is 26.0 Å². The first-order valence-electron chi connectivity index (χ1n) is 4.09. The lowest BCUT2D eigenvalue weighted by Gasteiger charge is -2.01. The van der Waals surface area contributed by atoms with Gasteiger partial charge in [-0.15, -0.1) is 0 Å². The highest BCUT2D eigenvalue weighted by atomic mass is 35.5. The van der Waals surface area contributed by atoms with Gasteiger partial charge in [-0.05, 0) is 37.4 Å². The first-order valence-corrected chi connectivity index (χ1v) is 4.47. The lowest BCUT2D eigenvalue weighted by atomic mass is 10.1. The fraction of sp³-hybridized carbons (Fsp3) is 0.300. The molecule has 1 nitrogen and oxygen atoms in total. The van der Waals surface area contributed by atoms with Crippen LogP contribution in [-0.2, 0) is 6.42 Å². The predicted molar refractivity (Wildman–Crippen MR) is 53.1 cm³/mol. The van der Waals surface area contributed by atoms with E-state index in [1.165, 1.54) is 5.56 Å². The van der Waals surface area contributed by atoms with Gasteiger partial charge in [0.15, 0.2) is 0 Å². The number of aryl methyl sites for hydroxylation is 1. The minimum atomic E-state index is 0.643. The number of halogens is 1. The van der Waals surface area contributed by atoms with Gasteiger partial charge in [0, 0.05) is 5.02 Å². The Labute approximate surface area is 78.5 Å². The summed E-state index contributed by atoms with van der Waals surface area (Å²) >= 11 is 5.96. The third kappa shape index (κ3) is 2.84. The first kappa shape index (κ1) is 9.56. The van der Waals surface area contributed by atoms with E-state index in [0.717, 1.165) is 17.9 Å². The molecular weight excluding hydrogens is 170 g/mol. The Morgan fingerprint density at radius 1 is 1.33 bits per heavy atom. The van der Waals surface area contributed by atoms with E-state index >= 15 is 0 Å². The Bertz CT molecular complexity index is 235. The number of hydrogen-bond acceptors (Lipinski definition) is 1. The van der Waals surface area contributed by atoms with E-state index in [1.807, 2.05) is 24.3 Å². The van der Waals surface area contributed by atoms with Crippen molar-refractivity contribution < 1.29 is 0 Å². The van der Waals surface area contributed by atoms with Gasteiger partial charge >= 0.3 is 0 Å². The van der Waals surface area contributed by atoms with Crippen molar-refractivity contribution in [3.05, 3.63) is 41.3 Å². The molecule has 0 aliphatic carbocycles. The minimum absolute atomic E-state index is 0.643.